The highest BCUT2D eigenvalue weighted by molar-refractivity contribution is 5.91. The lowest BCUT2D eigenvalue weighted by Crippen LogP contribution is -2.58. The van der Waals surface area contributed by atoms with Crippen LogP contribution in [0.25, 0.3) is 0 Å². The van der Waals surface area contributed by atoms with Gasteiger partial charge in [0.25, 0.3) is 0 Å². The second kappa shape index (κ2) is 11.4. The van der Waals surface area contributed by atoms with Crippen LogP contribution in [0.4, 0.5) is 0 Å². The van der Waals surface area contributed by atoms with Gasteiger partial charge in [0.2, 0.25) is 0 Å². The van der Waals surface area contributed by atoms with Gasteiger partial charge in [-0.05, 0) is 36.4 Å². The van der Waals surface area contributed by atoms with Gasteiger partial charge in [-0.3, -0.25) is 0 Å². The van der Waals surface area contributed by atoms with Crippen molar-refractivity contribution < 1.29 is 38.1 Å². The summed E-state index contributed by atoms with van der Waals surface area (Å²) in [6.07, 6.45) is -4.51. The number of esters is 3. The summed E-state index contributed by atoms with van der Waals surface area (Å²) in [5, 5.41) is 0. The Morgan fingerprint density at radius 2 is 1.03 bits per heavy atom. The SMILES string of the molecule is CO[C@@H]1OC[C@@H](OC(=O)c2ccccc2)[C@@H](OC(=O)c2ccccc2)[C@H]1OC(=O)c1ccccc1. The van der Waals surface area contributed by atoms with Crippen molar-refractivity contribution in [3.05, 3.63) is 108 Å². The Kier molecular flexibility index (Phi) is 7.87. The molecule has 3 aromatic rings. The second-order valence-corrected chi connectivity index (χ2v) is 7.72. The molecule has 0 spiro atoms. The van der Waals surface area contributed by atoms with Crippen molar-refractivity contribution in [1.29, 1.82) is 0 Å². The molecule has 8 heteroatoms. The van der Waals surface area contributed by atoms with E-state index in [2.05, 4.69) is 0 Å². The van der Waals surface area contributed by atoms with Crippen molar-refractivity contribution in [2.75, 3.05) is 13.7 Å². The van der Waals surface area contributed by atoms with Crippen molar-refractivity contribution >= 4 is 17.9 Å². The summed E-state index contributed by atoms with van der Waals surface area (Å²) < 4.78 is 28.1. The van der Waals surface area contributed by atoms with Crippen molar-refractivity contribution in [3.63, 3.8) is 0 Å². The first-order chi connectivity index (χ1) is 17.1. The summed E-state index contributed by atoms with van der Waals surface area (Å²) in [6.45, 7) is -0.136. The maximum Gasteiger partial charge on any atom is 0.338 e. The second-order valence-electron chi connectivity index (χ2n) is 7.72. The van der Waals surface area contributed by atoms with Crippen molar-refractivity contribution in [2.45, 2.75) is 24.6 Å². The first-order valence-electron chi connectivity index (χ1n) is 11.0. The number of benzene rings is 3. The largest absolute Gasteiger partial charge is 0.452 e. The highest BCUT2D eigenvalue weighted by atomic mass is 16.7. The number of carbonyl (C=O) groups excluding carboxylic acids is 3. The zero-order valence-corrected chi connectivity index (χ0v) is 18.9. The van der Waals surface area contributed by atoms with Crippen molar-refractivity contribution in [2.24, 2.45) is 0 Å². The minimum Gasteiger partial charge on any atom is -0.452 e. The first kappa shape index (κ1) is 24.1. The number of rotatable bonds is 7. The Labute approximate surface area is 202 Å². The third kappa shape index (κ3) is 5.92. The van der Waals surface area contributed by atoms with E-state index in [1.54, 1.807) is 91.0 Å². The number of hydrogen-bond acceptors (Lipinski definition) is 8. The molecule has 4 atom stereocenters. The van der Waals surface area contributed by atoms with Gasteiger partial charge in [0.1, 0.15) is 0 Å². The minimum atomic E-state index is -1.21. The number of carbonyl (C=O) groups is 3. The van der Waals surface area contributed by atoms with E-state index < -0.39 is 42.5 Å². The molecule has 180 valence electrons. The van der Waals surface area contributed by atoms with E-state index >= 15 is 0 Å². The van der Waals surface area contributed by atoms with Gasteiger partial charge in [-0.15, -0.1) is 0 Å². The molecule has 1 fully saturated rings. The average Bonchev–Trinajstić information content (AvgIpc) is 2.91. The molecule has 0 aliphatic carbocycles. The minimum absolute atomic E-state index is 0.136. The molecule has 35 heavy (non-hydrogen) atoms. The van der Waals surface area contributed by atoms with E-state index in [-0.39, 0.29) is 12.2 Å². The fraction of sp³-hybridized carbons (Fsp3) is 0.222. The number of hydrogen-bond donors (Lipinski definition) is 0. The zero-order chi connectivity index (χ0) is 24.6. The number of methoxy groups -OCH3 is 1. The lowest BCUT2D eigenvalue weighted by Gasteiger charge is -2.40. The molecule has 0 N–H and O–H groups in total. The molecule has 1 heterocycles. The maximum absolute atomic E-state index is 12.9. The van der Waals surface area contributed by atoms with E-state index in [0.717, 1.165) is 0 Å². The summed E-state index contributed by atoms with van der Waals surface area (Å²) in [5.74, 6) is -1.98. The van der Waals surface area contributed by atoms with Crippen LogP contribution in [0.2, 0.25) is 0 Å². The fourth-order valence-corrected chi connectivity index (χ4v) is 3.63. The van der Waals surface area contributed by atoms with Crippen LogP contribution < -0.4 is 0 Å². The Morgan fingerprint density at radius 1 is 0.629 bits per heavy atom. The molecule has 0 unspecified atom stereocenters. The van der Waals surface area contributed by atoms with E-state index in [1.807, 2.05) is 0 Å². The van der Waals surface area contributed by atoms with Crippen molar-refractivity contribution in [3.8, 4) is 0 Å². The van der Waals surface area contributed by atoms with Gasteiger partial charge in [0.15, 0.2) is 24.6 Å². The first-order valence-corrected chi connectivity index (χ1v) is 11.0. The molecule has 1 saturated heterocycles. The van der Waals surface area contributed by atoms with Gasteiger partial charge < -0.3 is 23.7 Å². The summed E-state index contributed by atoms with van der Waals surface area (Å²) in [5.41, 5.74) is 0.889. The zero-order valence-electron chi connectivity index (χ0n) is 18.9. The molecule has 1 aliphatic heterocycles. The molecular formula is C27H24O8. The maximum atomic E-state index is 12.9. The quantitative estimate of drug-likeness (QED) is 0.376. The van der Waals surface area contributed by atoms with E-state index in [1.165, 1.54) is 7.11 Å². The predicted octanol–water partition coefficient (Wildman–Crippen LogP) is 3.67. The summed E-state index contributed by atoms with van der Waals surface area (Å²) in [7, 11) is 1.38. The van der Waals surface area contributed by atoms with Gasteiger partial charge in [-0.25, -0.2) is 14.4 Å². The van der Waals surface area contributed by atoms with Crippen LogP contribution in [0.5, 0.6) is 0 Å². The monoisotopic (exact) mass is 476 g/mol. The summed E-state index contributed by atoms with van der Waals surface area (Å²) in [6, 6.07) is 25.0. The third-order valence-corrected chi connectivity index (χ3v) is 5.39. The highest BCUT2D eigenvalue weighted by Crippen LogP contribution is 2.27. The molecule has 0 aromatic heterocycles. The van der Waals surface area contributed by atoms with Crippen LogP contribution in [0.15, 0.2) is 91.0 Å². The molecule has 0 bridgehead atoms. The third-order valence-electron chi connectivity index (χ3n) is 5.39. The average molecular weight is 476 g/mol. The molecule has 1 aliphatic rings. The Hall–Kier alpha value is -4.01. The van der Waals surface area contributed by atoms with Crippen LogP contribution in [0.3, 0.4) is 0 Å². The fourth-order valence-electron chi connectivity index (χ4n) is 3.63. The highest BCUT2D eigenvalue weighted by Gasteiger charge is 2.48. The predicted molar refractivity (Wildman–Crippen MR) is 124 cm³/mol. The van der Waals surface area contributed by atoms with Gasteiger partial charge in [0, 0.05) is 7.11 Å². The van der Waals surface area contributed by atoms with Gasteiger partial charge in [0.05, 0.1) is 23.3 Å². The lowest BCUT2D eigenvalue weighted by atomic mass is 10.0. The van der Waals surface area contributed by atoms with Crippen LogP contribution in [0.1, 0.15) is 31.1 Å². The Balaban J connectivity index is 1.62. The topological polar surface area (TPSA) is 97.4 Å². The molecule has 3 aromatic carbocycles. The van der Waals surface area contributed by atoms with Crippen LogP contribution in [-0.2, 0) is 23.7 Å². The van der Waals surface area contributed by atoms with E-state index in [0.29, 0.717) is 11.1 Å². The molecule has 4 rings (SSSR count). The molecule has 8 nitrogen and oxygen atoms in total. The standard InChI is InChI=1S/C27H24O8/c1-31-27-23(35-26(30)20-15-9-4-10-16-20)22(34-25(29)19-13-7-3-8-14-19)21(17-32-27)33-24(28)18-11-5-2-6-12-18/h2-16,21-23,27H,17H2,1H3/t21-,22-,23-,27-/m1/s1. The van der Waals surface area contributed by atoms with Crippen LogP contribution in [-0.4, -0.2) is 56.2 Å². The molecule has 0 amide bonds. The molecular weight excluding hydrogens is 452 g/mol. The van der Waals surface area contributed by atoms with Gasteiger partial charge in [-0.1, -0.05) is 54.6 Å². The lowest BCUT2D eigenvalue weighted by molar-refractivity contribution is -0.260. The smallest absolute Gasteiger partial charge is 0.338 e. The van der Waals surface area contributed by atoms with E-state index in [9.17, 15) is 14.4 Å². The summed E-state index contributed by atoms with van der Waals surface area (Å²) in [4.78, 5) is 38.5. The summed E-state index contributed by atoms with van der Waals surface area (Å²) >= 11 is 0. The Bertz CT molecular complexity index is 1130. The molecule has 0 radical (unpaired) electrons. The van der Waals surface area contributed by atoms with Crippen LogP contribution >= 0.6 is 0 Å². The van der Waals surface area contributed by atoms with Crippen LogP contribution in [0, 0.1) is 0 Å². The Morgan fingerprint density at radius 3 is 1.46 bits per heavy atom. The number of ether oxygens (including phenoxy) is 5. The normalized spacial score (nSPS) is 21.5. The van der Waals surface area contributed by atoms with Gasteiger partial charge >= 0.3 is 17.9 Å². The molecule has 0 saturated carbocycles. The van der Waals surface area contributed by atoms with Crippen molar-refractivity contribution in [1.82, 2.24) is 0 Å². The van der Waals surface area contributed by atoms with E-state index in [4.69, 9.17) is 23.7 Å². The van der Waals surface area contributed by atoms with Gasteiger partial charge in [-0.2, -0.15) is 0 Å².